The van der Waals surface area contributed by atoms with Crippen LogP contribution in [-0.2, 0) is 0 Å². The fourth-order valence-electron chi connectivity index (χ4n) is 1.21. The van der Waals surface area contributed by atoms with Gasteiger partial charge in [0.05, 0.1) is 5.56 Å². The van der Waals surface area contributed by atoms with Crippen molar-refractivity contribution in [1.29, 1.82) is 0 Å². The highest BCUT2D eigenvalue weighted by Crippen LogP contribution is 2.20. The molecule has 0 saturated carbocycles. The summed E-state index contributed by atoms with van der Waals surface area (Å²) in [6.07, 6.45) is 0. The minimum atomic E-state index is -0.606. The summed E-state index contributed by atoms with van der Waals surface area (Å²) in [5.41, 5.74) is -0.0146. The zero-order valence-corrected chi connectivity index (χ0v) is 9.58. The van der Waals surface area contributed by atoms with E-state index in [-0.39, 0.29) is 5.56 Å². The van der Waals surface area contributed by atoms with Crippen LogP contribution in [0.2, 0.25) is 0 Å². The Morgan fingerprint density at radius 2 is 2.24 bits per heavy atom. The van der Waals surface area contributed by atoms with Gasteiger partial charge in [0.25, 0.3) is 5.91 Å². The first kappa shape index (κ1) is 11.5. The first-order chi connectivity index (χ1) is 8.06. The van der Waals surface area contributed by atoms with Crippen LogP contribution in [0.4, 0.5) is 9.52 Å². The predicted molar refractivity (Wildman–Crippen MR) is 60.7 cm³/mol. The lowest BCUT2D eigenvalue weighted by Gasteiger charge is -2.03. The third-order valence-corrected chi connectivity index (χ3v) is 2.71. The molecular formula is C10H8FN3O2S. The molecule has 1 heterocycles. The smallest absolute Gasteiger partial charge is 0.261 e. The maximum absolute atomic E-state index is 12.7. The molecule has 0 saturated heterocycles. The molecule has 7 heteroatoms. The van der Waals surface area contributed by atoms with Crippen LogP contribution in [-0.4, -0.2) is 21.2 Å². The highest BCUT2D eigenvalue weighted by atomic mass is 32.1. The fraction of sp³-hybridized carbons (Fsp3) is 0.100. The van der Waals surface area contributed by atoms with Gasteiger partial charge < -0.3 is 5.11 Å². The third-order valence-electron chi connectivity index (χ3n) is 1.95. The van der Waals surface area contributed by atoms with Gasteiger partial charge in [-0.25, -0.2) is 4.39 Å². The second-order valence-electron chi connectivity index (χ2n) is 3.24. The Labute approximate surface area is 99.9 Å². The number of nitrogens with one attached hydrogen (secondary N) is 1. The van der Waals surface area contributed by atoms with Gasteiger partial charge in [0.15, 0.2) is 0 Å². The molecule has 1 aromatic carbocycles. The number of rotatable bonds is 2. The molecule has 0 unspecified atom stereocenters. The molecule has 0 atom stereocenters. The topological polar surface area (TPSA) is 75.1 Å². The van der Waals surface area contributed by atoms with Crippen molar-refractivity contribution in [2.24, 2.45) is 0 Å². The zero-order chi connectivity index (χ0) is 12.4. The molecule has 1 amide bonds. The molecule has 2 N–H and O–H groups in total. The van der Waals surface area contributed by atoms with E-state index in [1.54, 1.807) is 6.92 Å². The van der Waals surface area contributed by atoms with Gasteiger partial charge in [0.2, 0.25) is 5.13 Å². The molecule has 0 spiro atoms. The van der Waals surface area contributed by atoms with E-state index in [9.17, 15) is 14.3 Å². The van der Waals surface area contributed by atoms with Gasteiger partial charge >= 0.3 is 0 Å². The Morgan fingerprint density at radius 1 is 1.47 bits per heavy atom. The third kappa shape index (κ3) is 2.56. The molecule has 0 bridgehead atoms. The molecule has 2 aromatic rings. The van der Waals surface area contributed by atoms with Gasteiger partial charge in [-0.15, -0.1) is 10.2 Å². The maximum Gasteiger partial charge on any atom is 0.261 e. The molecule has 0 radical (unpaired) electrons. The highest BCUT2D eigenvalue weighted by molar-refractivity contribution is 7.15. The van der Waals surface area contributed by atoms with Crippen LogP contribution in [0.3, 0.4) is 0 Å². The molecular weight excluding hydrogens is 245 g/mol. The van der Waals surface area contributed by atoms with Gasteiger partial charge in [0.1, 0.15) is 16.6 Å². The van der Waals surface area contributed by atoms with Gasteiger partial charge in [-0.2, -0.15) is 0 Å². The summed E-state index contributed by atoms with van der Waals surface area (Å²) in [7, 11) is 0. The number of benzene rings is 1. The monoisotopic (exact) mass is 253 g/mol. The number of aromatic nitrogens is 2. The summed E-state index contributed by atoms with van der Waals surface area (Å²) < 4.78 is 12.7. The number of aryl methyl sites for hydroxylation is 1. The standard InChI is InChI=1S/C10H8FN3O2S/c1-5-13-14-10(17-5)12-9(16)7-3-2-6(11)4-8(7)15/h2-4,15H,1H3,(H,12,14,16). The molecule has 0 aliphatic heterocycles. The van der Waals surface area contributed by atoms with Crippen LogP contribution in [0.1, 0.15) is 15.4 Å². The summed E-state index contributed by atoms with van der Waals surface area (Å²) in [6.45, 7) is 1.75. The number of carbonyl (C=O) groups is 1. The quantitative estimate of drug-likeness (QED) is 0.857. The Morgan fingerprint density at radius 3 is 2.82 bits per heavy atom. The Kier molecular flexibility index (Phi) is 3.01. The lowest BCUT2D eigenvalue weighted by atomic mass is 10.2. The molecule has 88 valence electrons. The van der Waals surface area contributed by atoms with E-state index >= 15 is 0 Å². The van der Waals surface area contributed by atoms with Crippen molar-refractivity contribution < 1.29 is 14.3 Å². The number of halogens is 1. The predicted octanol–water partition coefficient (Wildman–Crippen LogP) is 1.94. The van der Waals surface area contributed by atoms with E-state index in [0.29, 0.717) is 10.1 Å². The van der Waals surface area contributed by atoms with Crippen LogP contribution < -0.4 is 5.32 Å². The molecule has 0 aliphatic rings. The Hall–Kier alpha value is -2.02. The summed E-state index contributed by atoms with van der Waals surface area (Å²) in [6, 6.07) is 3.17. The largest absolute Gasteiger partial charge is 0.507 e. The van der Waals surface area contributed by atoms with E-state index in [0.717, 1.165) is 12.1 Å². The first-order valence-corrected chi connectivity index (χ1v) is 5.48. The number of nitrogens with zero attached hydrogens (tertiary/aromatic N) is 2. The van der Waals surface area contributed by atoms with Crippen molar-refractivity contribution in [2.45, 2.75) is 6.92 Å². The SMILES string of the molecule is Cc1nnc(NC(=O)c2ccc(F)cc2O)s1. The van der Waals surface area contributed by atoms with Crippen LogP contribution in [0.25, 0.3) is 0 Å². The number of phenolic OH excluding ortho intramolecular Hbond substituents is 1. The second-order valence-corrected chi connectivity index (χ2v) is 4.42. The molecule has 0 fully saturated rings. The second kappa shape index (κ2) is 4.46. The number of carbonyl (C=O) groups excluding carboxylic acids is 1. The zero-order valence-electron chi connectivity index (χ0n) is 8.77. The van der Waals surface area contributed by atoms with Gasteiger partial charge in [-0.1, -0.05) is 11.3 Å². The Balaban J connectivity index is 2.20. The van der Waals surface area contributed by atoms with E-state index < -0.39 is 17.5 Å². The van der Waals surface area contributed by atoms with Crippen molar-refractivity contribution in [3.63, 3.8) is 0 Å². The van der Waals surface area contributed by atoms with Crippen molar-refractivity contribution >= 4 is 22.4 Å². The minimum absolute atomic E-state index is 0.0146. The average molecular weight is 253 g/mol. The van der Waals surface area contributed by atoms with E-state index in [1.165, 1.54) is 17.4 Å². The van der Waals surface area contributed by atoms with Gasteiger partial charge in [-0.05, 0) is 19.1 Å². The first-order valence-electron chi connectivity index (χ1n) is 4.66. The Bertz CT molecular complexity index is 570. The van der Waals surface area contributed by atoms with Crippen LogP contribution >= 0.6 is 11.3 Å². The fourth-order valence-corrected chi connectivity index (χ4v) is 1.80. The minimum Gasteiger partial charge on any atom is -0.507 e. The maximum atomic E-state index is 12.7. The number of phenols is 1. The lowest BCUT2D eigenvalue weighted by molar-refractivity contribution is 0.102. The van der Waals surface area contributed by atoms with Crippen LogP contribution in [0.5, 0.6) is 5.75 Å². The summed E-state index contributed by atoms with van der Waals surface area (Å²) in [5.74, 6) is -1.58. The van der Waals surface area contributed by atoms with Crippen molar-refractivity contribution in [1.82, 2.24) is 10.2 Å². The van der Waals surface area contributed by atoms with E-state index in [1.807, 2.05) is 0 Å². The lowest BCUT2D eigenvalue weighted by Crippen LogP contribution is -2.12. The molecule has 1 aromatic heterocycles. The van der Waals surface area contributed by atoms with Crippen molar-refractivity contribution in [3.05, 3.63) is 34.6 Å². The van der Waals surface area contributed by atoms with E-state index in [4.69, 9.17) is 0 Å². The molecule has 5 nitrogen and oxygen atoms in total. The molecule has 0 aliphatic carbocycles. The summed E-state index contributed by atoms with van der Waals surface area (Å²) in [5, 5.41) is 20.4. The number of anilines is 1. The van der Waals surface area contributed by atoms with E-state index in [2.05, 4.69) is 15.5 Å². The number of aromatic hydroxyl groups is 1. The molecule has 17 heavy (non-hydrogen) atoms. The van der Waals surface area contributed by atoms with Crippen molar-refractivity contribution in [2.75, 3.05) is 5.32 Å². The normalized spacial score (nSPS) is 10.2. The molecule has 2 rings (SSSR count). The number of hydrogen-bond donors (Lipinski definition) is 2. The highest BCUT2D eigenvalue weighted by Gasteiger charge is 2.13. The van der Waals surface area contributed by atoms with Crippen LogP contribution in [0.15, 0.2) is 18.2 Å². The summed E-state index contributed by atoms with van der Waals surface area (Å²) >= 11 is 1.21. The summed E-state index contributed by atoms with van der Waals surface area (Å²) in [4.78, 5) is 11.7. The van der Waals surface area contributed by atoms with Gasteiger partial charge in [-0.3, -0.25) is 10.1 Å². The number of amides is 1. The van der Waals surface area contributed by atoms with Crippen LogP contribution in [0, 0.1) is 12.7 Å². The van der Waals surface area contributed by atoms with Gasteiger partial charge in [0, 0.05) is 6.07 Å². The number of hydrogen-bond acceptors (Lipinski definition) is 5. The average Bonchev–Trinajstić information content (AvgIpc) is 2.63. The van der Waals surface area contributed by atoms with Crippen molar-refractivity contribution in [3.8, 4) is 5.75 Å².